The van der Waals surface area contributed by atoms with E-state index in [2.05, 4.69) is 20.6 Å². The molecule has 118 valence electrons. The molecule has 0 amide bonds. The first kappa shape index (κ1) is 18.0. The van der Waals surface area contributed by atoms with Gasteiger partial charge >= 0.3 is 0 Å². The number of nitrogens with one attached hydrogen (secondary N) is 2. The van der Waals surface area contributed by atoms with E-state index >= 15 is 0 Å². The van der Waals surface area contributed by atoms with Gasteiger partial charge in [0.15, 0.2) is 5.96 Å². The van der Waals surface area contributed by atoms with Crippen molar-refractivity contribution in [3.63, 3.8) is 0 Å². The summed E-state index contributed by atoms with van der Waals surface area (Å²) in [4.78, 5) is 8.53. The van der Waals surface area contributed by atoms with Crippen molar-refractivity contribution in [1.29, 1.82) is 0 Å². The highest BCUT2D eigenvalue weighted by molar-refractivity contribution is 14.0. The van der Waals surface area contributed by atoms with Gasteiger partial charge in [-0.15, -0.1) is 24.0 Å². The largest absolute Gasteiger partial charge is 0.478 e. The Morgan fingerprint density at radius 3 is 2.86 bits per heavy atom. The van der Waals surface area contributed by atoms with Crippen molar-refractivity contribution in [3.8, 4) is 5.88 Å². The zero-order chi connectivity index (χ0) is 14.2. The third-order valence-corrected chi connectivity index (χ3v) is 3.50. The molecule has 2 rings (SSSR count). The molecule has 0 aromatic carbocycles. The van der Waals surface area contributed by atoms with E-state index in [0.717, 1.165) is 11.5 Å². The summed E-state index contributed by atoms with van der Waals surface area (Å²) in [6, 6.07) is 4.50. The Morgan fingerprint density at radius 2 is 2.19 bits per heavy atom. The standard InChI is InChI=1S/C15H24N4O.HI/c1-3-20-14-12(7-6-10-17-14)11-18-15(16-2)19-13-8-4-5-9-13;/h6-7,10,13H,3-5,8-9,11H2,1-2H3,(H2,16,18,19);1H. The Bertz CT molecular complexity index is 447. The average molecular weight is 404 g/mol. The number of pyridine rings is 1. The molecule has 0 spiro atoms. The fraction of sp³-hybridized carbons (Fsp3) is 0.600. The van der Waals surface area contributed by atoms with Crippen LogP contribution in [-0.2, 0) is 6.54 Å². The minimum Gasteiger partial charge on any atom is -0.478 e. The lowest BCUT2D eigenvalue weighted by Crippen LogP contribution is -2.42. The van der Waals surface area contributed by atoms with E-state index in [1.807, 2.05) is 19.1 Å². The third-order valence-electron chi connectivity index (χ3n) is 3.50. The number of aromatic nitrogens is 1. The van der Waals surface area contributed by atoms with Crippen molar-refractivity contribution < 1.29 is 4.74 Å². The molecule has 1 saturated carbocycles. The van der Waals surface area contributed by atoms with Gasteiger partial charge < -0.3 is 15.4 Å². The summed E-state index contributed by atoms with van der Waals surface area (Å²) in [5.41, 5.74) is 1.05. The Balaban J connectivity index is 0.00000220. The van der Waals surface area contributed by atoms with Crippen LogP contribution in [0.25, 0.3) is 0 Å². The van der Waals surface area contributed by atoms with E-state index in [4.69, 9.17) is 4.74 Å². The van der Waals surface area contributed by atoms with Crippen molar-refractivity contribution in [3.05, 3.63) is 23.9 Å². The van der Waals surface area contributed by atoms with Crippen LogP contribution in [0.2, 0.25) is 0 Å². The molecule has 6 heteroatoms. The van der Waals surface area contributed by atoms with Gasteiger partial charge in [-0.1, -0.05) is 18.9 Å². The molecule has 2 N–H and O–H groups in total. The lowest BCUT2D eigenvalue weighted by atomic mass is 10.2. The van der Waals surface area contributed by atoms with Crippen LogP contribution < -0.4 is 15.4 Å². The van der Waals surface area contributed by atoms with E-state index in [-0.39, 0.29) is 24.0 Å². The zero-order valence-corrected chi connectivity index (χ0v) is 15.1. The van der Waals surface area contributed by atoms with E-state index in [1.54, 1.807) is 13.2 Å². The second-order valence-corrected chi connectivity index (χ2v) is 4.95. The maximum atomic E-state index is 5.52. The number of hydrogen-bond donors (Lipinski definition) is 2. The maximum Gasteiger partial charge on any atom is 0.218 e. The highest BCUT2D eigenvalue weighted by atomic mass is 127. The van der Waals surface area contributed by atoms with Crippen LogP contribution in [0.1, 0.15) is 38.2 Å². The summed E-state index contributed by atoms with van der Waals surface area (Å²) in [5, 5.41) is 6.80. The van der Waals surface area contributed by atoms with Crippen LogP contribution in [0.15, 0.2) is 23.3 Å². The molecule has 0 saturated heterocycles. The Morgan fingerprint density at radius 1 is 1.43 bits per heavy atom. The monoisotopic (exact) mass is 404 g/mol. The zero-order valence-electron chi connectivity index (χ0n) is 12.8. The van der Waals surface area contributed by atoms with Crippen molar-refractivity contribution in [2.24, 2.45) is 4.99 Å². The SMILES string of the molecule is CCOc1ncccc1CNC(=NC)NC1CCCC1.I. The summed E-state index contributed by atoms with van der Waals surface area (Å²) in [7, 11) is 1.80. The van der Waals surface area contributed by atoms with Gasteiger partial charge in [0.1, 0.15) is 0 Å². The number of ether oxygens (including phenoxy) is 1. The molecule has 0 aliphatic heterocycles. The van der Waals surface area contributed by atoms with Crippen molar-refractivity contribution >= 4 is 29.9 Å². The van der Waals surface area contributed by atoms with E-state index in [1.165, 1.54) is 25.7 Å². The predicted octanol–water partition coefficient (Wildman–Crippen LogP) is 2.71. The van der Waals surface area contributed by atoms with Crippen LogP contribution in [0.5, 0.6) is 5.88 Å². The molecule has 0 unspecified atom stereocenters. The lowest BCUT2D eigenvalue weighted by molar-refractivity contribution is 0.322. The number of hydrogen-bond acceptors (Lipinski definition) is 3. The topological polar surface area (TPSA) is 58.5 Å². The van der Waals surface area contributed by atoms with Crippen molar-refractivity contribution in [1.82, 2.24) is 15.6 Å². The minimum absolute atomic E-state index is 0. The van der Waals surface area contributed by atoms with Crippen molar-refractivity contribution in [2.75, 3.05) is 13.7 Å². The van der Waals surface area contributed by atoms with Gasteiger partial charge in [-0.2, -0.15) is 0 Å². The van der Waals surface area contributed by atoms with Crippen LogP contribution in [0, 0.1) is 0 Å². The lowest BCUT2D eigenvalue weighted by Gasteiger charge is -2.17. The van der Waals surface area contributed by atoms with Gasteiger partial charge in [0.25, 0.3) is 0 Å². The Kier molecular flexibility index (Phi) is 8.41. The van der Waals surface area contributed by atoms with E-state index in [9.17, 15) is 0 Å². The summed E-state index contributed by atoms with van der Waals surface area (Å²) < 4.78 is 5.52. The molecule has 1 heterocycles. The molecule has 1 aliphatic rings. The maximum absolute atomic E-state index is 5.52. The van der Waals surface area contributed by atoms with Gasteiger partial charge in [0.2, 0.25) is 5.88 Å². The minimum atomic E-state index is 0. The number of guanidine groups is 1. The van der Waals surface area contributed by atoms with Crippen molar-refractivity contribution in [2.45, 2.75) is 45.2 Å². The number of aliphatic imine (C=N–C) groups is 1. The molecular weight excluding hydrogens is 379 g/mol. The molecule has 5 nitrogen and oxygen atoms in total. The molecule has 1 aromatic heterocycles. The highest BCUT2D eigenvalue weighted by Crippen LogP contribution is 2.17. The molecule has 0 atom stereocenters. The first-order valence-corrected chi connectivity index (χ1v) is 7.37. The van der Waals surface area contributed by atoms with Crippen LogP contribution in [0.4, 0.5) is 0 Å². The normalized spacial score (nSPS) is 15.4. The first-order valence-electron chi connectivity index (χ1n) is 7.37. The van der Waals surface area contributed by atoms with Gasteiger partial charge in [0.05, 0.1) is 6.61 Å². The summed E-state index contributed by atoms with van der Waals surface area (Å²) >= 11 is 0. The van der Waals surface area contributed by atoms with Gasteiger partial charge in [0, 0.05) is 31.4 Å². The van der Waals surface area contributed by atoms with Crippen LogP contribution >= 0.6 is 24.0 Å². The molecule has 0 bridgehead atoms. The summed E-state index contributed by atoms with van der Waals surface area (Å²) in [5.74, 6) is 1.54. The van der Waals surface area contributed by atoms with E-state index in [0.29, 0.717) is 25.1 Å². The third kappa shape index (κ3) is 5.68. The van der Waals surface area contributed by atoms with Crippen LogP contribution in [0.3, 0.4) is 0 Å². The number of rotatable bonds is 5. The molecule has 0 radical (unpaired) electrons. The highest BCUT2D eigenvalue weighted by Gasteiger charge is 2.16. The summed E-state index contributed by atoms with van der Waals surface area (Å²) in [6.07, 6.45) is 6.84. The van der Waals surface area contributed by atoms with E-state index < -0.39 is 0 Å². The predicted molar refractivity (Wildman–Crippen MR) is 96.4 cm³/mol. The Hall–Kier alpha value is -1.05. The quantitative estimate of drug-likeness (QED) is 0.450. The average Bonchev–Trinajstić information content (AvgIpc) is 2.98. The molecule has 1 aliphatic carbocycles. The fourth-order valence-corrected chi connectivity index (χ4v) is 2.46. The molecular formula is C15H25IN4O. The first-order chi connectivity index (χ1) is 9.83. The fourth-order valence-electron chi connectivity index (χ4n) is 2.46. The molecule has 1 fully saturated rings. The number of halogens is 1. The van der Waals surface area contributed by atoms with Gasteiger partial charge in [-0.3, -0.25) is 4.99 Å². The second-order valence-electron chi connectivity index (χ2n) is 4.95. The van der Waals surface area contributed by atoms with Crippen LogP contribution in [-0.4, -0.2) is 30.6 Å². The summed E-state index contributed by atoms with van der Waals surface area (Å²) in [6.45, 7) is 3.25. The van der Waals surface area contributed by atoms with Gasteiger partial charge in [-0.05, 0) is 25.8 Å². The van der Waals surface area contributed by atoms with Gasteiger partial charge in [-0.25, -0.2) is 4.98 Å². The smallest absolute Gasteiger partial charge is 0.218 e. The molecule has 1 aromatic rings. The molecule has 21 heavy (non-hydrogen) atoms. The number of nitrogens with zero attached hydrogens (tertiary/aromatic N) is 2. The second kappa shape index (κ2) is 9.81. The Labute approximate surface area is 144 Å².